The first-order valence-corrected chi connectivity index (χ1v) is 11.8. The molecule has 5 rings (SSSR count). The van der Waals surface area contributed by atoms with Crippen molar-refractivity contribution >= 4 is 62.6 Å². The molecule has 4 N–H and O–H groups in total. The van der Waals surface area contributed by atoms with Crippen molar-refractivity contribution in [2.75, 3.05) is 31.4 Å². The van der Waals surface area contributed by atoms with Crippen LogP contribution in [0.15, 0.2) is 29.2 Å². The highest BCUT2D eigenvalue weighted by atomic mass is 127. The lowest BCUT2D eigenvalue weighted by Gasteiger charge is -2.16. The summed E-state index contributed by atoms with van der Waals surface area (Å²) >= 11 is 2.22. The molecule has 184 valence electrons. The maximum Gasteiger partial charge on any atom is 0.297 e. The van der Waals surface area contributed by atoms with Crippen LogP contribution >= 0.6 is 22.6 Å². The Hall–Kier alpha value is -3.08. The number of carbonyl (C=O) groups is 1. The molecular formula is C21H23IN8O5. The van der Waals surface area contributed by atoms with E-state index in [0.717, 1.165) is 20.2 Å². The molecule has 0 saturated carbocycles. The predicted octanol–water partition coefficient (Wildman–Crippen LogP) is 0.615. The number of fused-ring (bicyclic) bond motifs is 2. The van der Waals surface area contributed by atoms with Gasteiger partial charge in [-0.3, -0.25) is 9.36 Å². The molecule has 35 heavy (non-hydrogen) atoms. The standard InChI is InChI=1S/C21H23IN8O5/c1-23-19(33)16-13(31)14(32)20(34-16)30-8-27-12-17(25-7-26-18(12)30)24-6-9-4-10(22)15-11(5-9)28-21(35-15)29(2)3/h4-5,7-8,13-14,16,20,31-32H,6H2,1-3H3,(H,23,33)(H,24,25,26)/t13?,14?,16-,20+/m0/s1. The third-order valence-corrected chi connectivity index (χ3v) is 6.51. The number of amides is 1. The maximum absolute atomic E-state index is 12.0. The minimum Gasteiger partial charge on any atom is -0.422 e. The minimum absolute atomic E-state index is 0.383. The number of rotatable bonds is 6. The van der Waals surface area contributed by atoms with Gasteiger partial charge in [-0.2, -0.15) is 4.98 Å². The fourth-order valence-electron chi connectivity index (χ4n) is 3.93. The molecule has 4 heterocycles. The number of oxazole rings is 1. The quantitative estimate of drug-likeness (QED) is 0.232. The Morgan fingerprint density at radius 2 is 2.03 bits per heavy atom. The highest BCUT2D eigenvalue weighted by Gasteiger charge is 2.47. The van der Waals surface area contributed by atoms with E-state index in [1.165, 1.54) is 24.3 Å². The van der Waals surface area contributed by atoms with Gasteiger partial charge in [0.2, 0.25) is 0 Å². The van der Waals surface area contributed by atoms with Gasteiger partial charge in [-0.15, -0.1) is 0 Å². The number of nitrogens with zero attached hydrogens (tertiary/aromatic N) is 6. The highest BCUT2D eigenvalue weighted by Crippen LogP contribution is 2.33. The number of hydrogen-bond acceptors (Lipinski definition) is 11. The molecule has 0 aliphatic carbocycles. The van der Waals surface area contributed by atoms with Crippen molar-refractivity contribution in [1.29, 1.82) is 0 Å². The van der Waals surface area contributed by atoms with Crippen LogP contribution in [0.2, 0.25) is 0 Å². The van der Waals surface area contributed by atoms with Crippen LogP contribution in [0.25, 0.3) is 22.3 Å². The van der Waals surface area contributed by atoms with Crippen LogP contribution in [0.3, 0.4) is 0 Å². The number of halogens is 1. The smallest absolute Gasteiger partial charge is 0.297 e. The van der Waals surface area contributed by atoms with E-state index in [-0.39, 0.29) is 0 Å². The maximum atomic E-state index is 12.0. The van der Waals surface area contributed by atoms with Gasteiger partial charge >= 0.3 is 0 Å². The molecule has 2 unspecified atom stereocenters. The average Bonchev–Trinajstić information content (AvgIpc) is 3.54. The number of likely N-dealkylation sites (N-methyl/N-ethyl adjacent to an activating group) is 1. The Balaban J connectivity index is 1.40. The van der Waals surface area contributed by atoms with Gasteiger partial charge in [0.05, 0.1) is 9.90 Å². The van der Waals surface area contributed by atoms with Gasteiger partial charge in [-0.1, -0.05) is 0 Å². The van der Waals surface area contributed by atoms with Crippen LogP contribution in [0.5, 0.6) is 0 Å². The van der Waals surface area contributed by atoms with Crippen LogP contribution in [-0.4, -0.2) is 80.1 Å². The largest absolute Gasteiger partial charge is 0.422 e. The van der Waals surface area contributed by atoms with Crippen molar-refractivity contribution in [1.82, 2.24) is 29.8 Å². The molecule has 1 saturated heterocycles. The summed E-state index contributed by atoms with van der Waals surface area (Å²) in [7, 11) is 5.17. The Bertz CT molecular complexity index is 1410. The van der Waals surface area contributed by atoms with E-state index in [0.29, 0.717) is 29.5 Å². The van der Waals surface area contributed by atoms with Crippen molar-refractivity contribution in [3.8, 4) is 0 Å². The summed E-state index contributed by atoms with van der Waals surface area (Å²) in [6.45, 7) is 0.440. The average molecular weight is 594 g/mol. The van der Waals surface area contributed by atoms with Crippen molar-refractivity contribution in [2.24, 2.45) is 0 Å². The lowest BCUT2D eigenvalue weighted by atomic mass is 10.1. The molecule has 0 spiro atoms. The monoisotopic (exact) mass is 594 g/mol. The number of nitrogens with one attached hydrogen (secondary N) is 2. The van der Waals surface area contributed by atoms with Gasteiger partial charge in [-0.25, -0.2) is 15.0 Å². The highest BCUT2D eigenvalue weighted by molar-refractivity contribution is 14.1. The summed E-state index contributed by atoms with van der Waals surface area (Å²) < 4.78 is 13.9. The topological polar surface area (TPSA) is 164 Å². The molecule has 1 amide bonds. The molecule has 14 heteroatoms. The van der Waals surface area contributed by atoms with E-state index in [2.05, 4.69) is 53.2 Å². The zero-order valence-corrected chi connectivity index (χ0v) is 21.2. The van der Waals surface area contributed by atoms with Crippen molar-refractivity contribution in [2.45, 2.75) is 31.1 Å². The number of benzene rings is 1. The summed E-state index contributed by atoms with van der Waals surface area (Å²) in [5.74, 6) is -0.0502. The van der Waals surface area contributed by atoms with Crippen LogP contribution in [0.4, 0.5) is 11.8 Å². The molecule has 1 aromatic carbocycles. The second-order valence-electron chi connectivity index (χ2n) is 8.26. The Morgan fingerprint density at radius 3 is 2.77 bits per heavy atom. The lowest BCUT2D eigenvalue weighted by molar-refractivity contribution is -0.137. The molecule has 1 aliphatic heterocycles. The summed E-state index contributed by atoms with van der Waals surface area (Å²) in [5, 5.41) is 26.4. The van der Waals surface area contributed by atoms with Crippen molar-refractivity contribution in [3.05, 3.63) is 33.9 Å². The summed E-state index contributed by atoms with van der Waals surface area (Å²) in [6.07, 6.45) is -2.18. The van der Waals surface area contributed by atoms with Gasteiger partial charge in [0, 0.05) is 27.7 Å². The number of aliphatic hydroxyl groups is 2. The van der Waals surface area contributed by atoms with E-state index in [9.17, 15) is 15.0 Å². The van der Waals surface area contributed by atoms with Gasteiger partial charge in [0.25, 0.3) is 11.9 Å². The minimum atomic E-state index is -1.39. The van der Waals surface area contributed by atoms with Gasteiger partial charge < -0.3 is 34.9 Å². The third kappa shape index (κ3) is 4.15. The van der Waals surface area contributed by atoms with Crippen LogP contribution in [-0.2, 0) is 16.1 Å². The van der Waals surface area contributed by atoms with Gasteiger partial charge in [0.15, 0.2) is 34.9 Å². The summed E-state index contributed by atoms with van der Waals surface area (Å²) in [5.41, 5.74) is 3.29. The first kappa shape index (κ1) is 23.7. The number of ether oxygens (including phenoxy) is 1. The number of carbonyl (C=O) groups excluding carboxylic acids is 1. The van der Waals surface area contributed by atoms with E-state index >= 15 is 0 Å². The lowest BCUT2D eigenvalue weighted by Crippen LogP contribution is -2.41. The molecule has 4 atom stereocenters. The molecule has 4 aromatic rings. The molecule has 0 radical (unpaired) electrons. The number of anilines is 2. The normalized spacial score (nSPS) is 22.1. The summed E-state index contributed by atoms with van der Waals surface area (Å²) in [4.78, 5) is 31.3. The Labute approximate surface area is 212 Å². The van der Waals surface area contributed by atoms with Crippen LogP contribution in [0.1, 0.15) is 11.8 Å². The van der Waals surface area contributed by atoms with Crippen LogP contribution in [0, 0.1) is 3.57 Å². The number of aliphatic hydroxyl groups excluding tert-OH is 2. The molecular weight excluding hydrogens is 571 g/mol. The fraction of sp³-hybridized carbons (Fsp3) is 0.381. The number of imidazole rings is 1. The van der Waals surface area contributed by atoms with E-state index in [4.69, 9.17) is 9.15 Å². The predicted molar refractivity (Wildman–Crippen MR) is 134 cm³/mol. The van der Waals surface area contributed by atoms with Crippen LogP contribution < -0.4 is 15.5 Å². The first-order valence-electron chi connectivity index (χ1n) is 10.7. The van der Waals surface area contributed by atoms with E-state index in [1.807, 2.05) is 31.1 Å². The first-order chi connectivity index (χ1) is 16.8. The molecule has 0 bridgehead atoms. The van der Waals surface area contributed by atoms with E-state index < -0.39 is 30.4 Å². The molecule has 1 fully saturated rings. The summed E-state index contributed by atoms with van der Waals surface area (Å²) in [6, 6.07) is 4.48. The fourth-order valence-corrected chi connectivity index (χ4v) is 4.72. The molecule has 13 nitrogen and oxygen atoms in total. The zero-order valence-electron chi connectivity index (χ0n) is 19.0. The van der Waals surface area contributed by atoms with Gasteiger partial charge in [-0.05, 0) is 40.3 Å². The molecule has 1 aliphatic rings. The SMILES string of the molecule is CNC(=O)[C@H]1O[C@@H](n2cnc3c(NCc4cc(I)c5oc(N(C)C)nc5c4)ncnc32)C(O)C1O. The van der Waals surface area contributed by atoms with Crippen molar-refractivity contribution < 1.29 is 24.2 Å². The Morgan fingerprint density at radius 1 is 1.23 bits per heavy atom. The van der Waals surface area contributed by atoms with E-state index in [1.54, 1.807) is 0 Å². The van der Waals surface area contributed by atoms with Crippen molar-refractivity contribution in [3.63, 3.8) is 0 Å². The Kier molecular flexibility index (Phi) is 6.20. The zero-order chi connectivity index (χ0) is 24.9. The van der Waals surface area contributed by atoms with Gasteiger partial charge in [0.1, 0.15) is 24.1 Å². The third-order valence-electron chi connectivity index (χ3n) is 5.71. The second-order valence-corrected chi connectivity index (χ2v) is 9.42. The second kappa shape index (κ2) is 9.18. The molecule has 3 aromatic heterocycles. The number of aromatic nitrogens is 5. The number of hydrogen-bond donors (Lipinski definition) is 4.